The van der Waals surface area contributed by atoms with Crippen LogP contribution in [0.1, 0.15) is 48.2 Å². The molecule has 0 unspecified atom stereocenters. The number of ether oxygens (including phenoxy) is 3. The first-order chi connectivity index (χ1) is 17.0. The summed E-state index contributed by atoms with van der Waals surface area (Å²) in [5.74, 6) is 1.24. The lowest BCUT2D eigenvalue weighted by molar-refractivity contribution is 0.0920. The number of fused-ring (bicyclic) bond motifs is 3. The van der Waals surface area contributed by atoms with E-state index in [0.29, 0.717) is 40.1 Å². The highest BCUT2D eigenvalue weighted by Gasteiger charge is 2.41. The van der Waals surface area contributed by atoms with E-state index in [2.05, 4.69) is 20.6 Å². The van der Waals surface area contributed by atoms with Crippen molar-refractivity contribution in [2.45, 2.75) is 44.2 Å². The molecule has 184 valence electrons. The number of methoxy groups -OCH3 is 2. The zero-order valence-corrected chi connectivity index (χ0v) is 20.7. The van der Waals surface area contributed by atoms with E-state index in [1.165, 1.54) is 0 Å². The van der Waals surface area contributed by atoms with E-state index in [9.17, 15) is 4.79 Å². The maximum absolute atomic E-state index is 13.4. The van der Waals surface area contributed by atoms with Crippen LogP contribution in [0.15, 0.2) is 36.7 Å². The number of nitrogens with one attached hydrogen (secondary N) is 3. The topological polar surface area (TPSA) is 97.5 Å². The number of para-hydroxylation sites is 1. The number of amides is 1. The Morgan fingerprint density at radius 2 is 2.11 bits per heavy atom. The molecule has 1 amide bonds. The van der Waals surface area contributed by atoms with Crippen LogP contribution in [0.2, 0.25) is 5.02 Å². The molecule has 0 saturated heterocycles. The van der Waals surface area contributed by atoms with Crippen molar-refractivity contribution in [3.8, 4) is 22.8 Å². The third-order valence-electron chi connectivity index (χ3n) is 6.67. The van der Waals surface area contributed by atoms with Gasteiger partial charge in [0.2, 0.25) is 0 Å². The maximum Gasteiger partial charge on any atom is 0.255 e. The van der Waals surface area contributed by atoms with Gasteiger partial charge in [-0.15, -0.1) is 0 Å². The van der Waals surface area contributed by atoms with Gasteiger partial charge in [-0.1, -0.05) is 24.1 Å². The Labute approximate surface area is 209 Å². The van der Waals surface area contributed by atoms with E-state index < -0.39 is 0 Å². The van der Waals surface area contributed by atoms with Gasteiger partial charge in [-0.2, -0.15) is 0 Å². The molecule has 0 spiro atoms. The predicted molar refractivity (Wildman–Crippen MR) is 135 cm³/mol. The molecular formula is C26H29ClN4O4. The molecule has 1 aliphatic carbocycles. The van der Waals surface area contributed by atoms with Crippen LogP contribution in [0.4, 0.5) is 11.4 Å². The molecule has 2 aliphatic rings. The van der Waals surface area contributed by atoms with Crippen LogP contribution in [0.5, 0.6) is 11.5 Å². The third kappa shape index (κ3) is 4.32. The number of halogens is 1. The Kier molecular flexibility index (Phi) is 6.58. The van der Waals surface area contributed by atoms with Gasteiger partial charge >= 0.3 is 0 Å². The molecule has 1 saturated carbocycles. The predicted octanol–water partition coefficient (Wildman–Crippen LogP) is 5.28. The van der Waals surface area contributed by atoms with Gasteiger partial charge in [-0.05, 0) is 38.0 Å². The van der Waals surface area contributed by atoms with E-state index >= 15 is 0 Å². The highest BCUT2D eigenvalue weighted by molar-refractivity contribution is 6.32. The summed E-state index contributed by atoms with van der Waals surface area (Å²) in [4.78, 5) is 21.2. The lowest BCUT2D eigenvalue weighted by Crippen LogP contribution is -2.41. The molecule has 3 N–H and O–H groups in total. The Morgan fingerprint density at radius 1 is 1.26 bits per heavy atom. The highest BCUT2D eigenvalue weighted by atomic mass is 35.5. The van der Waals surface area contributed by atoms with Crippen LogP contribution < -0.4 is 20.1 Å². The summed E-state index contributed by atoms with van der Waals surface area (Å²) < 4.78 is 17.0. The van der Waals surface area contributed by atoms with Crippen molar-refractivity contribution in [3.63, 3.8) is 0 Å². The second-order valence-electron chi connectivity index (χ2n) is 8.98. The van der Waals surface area contributed by atoms with Gasteiger partial charge in [-0.3, -0.25) is 9.78 Å². The molecule has 0 radical (unpaired) electrons. The van der Waals surface area contributed by atoms with Gasteiger partial charge in [0.1, 0.15) is 11.9 Å². The monoisotopic (exact) mass is 496 g/mol. The second-order valence-corrected chi connectivity index (χ2v) is 9.39. The smallest absolute Gasteiger partial charge is 0.255 e. The molecule has 8 nitrogen and oxygen atoms in total. The summed E-state index contributed by atoms with van der Waals surface area (Å²) in [5, 5.41) is 7.14. The number of hydrogen-bond donors (Lipinski definition) is 3. The minimum atomic E-state index is -0.181. The summed E-state index contributed by atoms with van der Waals surface area (Å²) in [7, 11) is 3.21. The van der Waals surface area contributed by atoms with Gasteiger partial charge in [0.25, 0.3) is 5.91 Å². The summed E-state index contributed by atoms with van der Waals surface area (Å²) in [6.45, 7) is 2.37. The minimum absolute atomic E-state index is 0.0987. The number of nitrogens with zero attached hydrogens (tertiary/aromatic N) is 1. The zero-order valence-electron chi connectivity index (χ0n) is 20.0. The number of aromatic nitrogens is 2. The number of pyridine rings is 1. The number of rotatable bonds is 8. The van der Waals surface area contributed by atoms with Crippen molar-refractivity contribution in [1.82, 2.24) is 15.3 Å². The van der Waals surface area contributed by atoms with E-state index in [1.54, 1.807) is 32.7 Å². The van der Waals surface area contributed by atoms with Crippen molar-refractivity contribution in [3.05, 3.63) is 52.9 Å². The van der Waals surface area contributed by atoms with Gasteiger partial charge in [0, 0.05) is 36.5 Å². The molecule has 3 heterocycles. The number of anilines is 2. The SMILES string of the molecule is COC[C@H](C)Oc1cnccc1-c1[nH]c2c(c1Nc1cccc(Cl)c1OC)C(=O)N[C@@H]1CCC[C@H]21. The van der Waals surface area contributed by atoms with E-state index in [4.69, 9.17) is 25.8 Å². The average molecular weight is 497 g/mol. The second kappa shape index (κ2) is 9.79. The first-order valence-electron chi connectivity index (χ1n) is 11.8. The molecule has 1 aliphatic heterocycles. The molecule has 5 rings (SSSR count). The number of aromatic amines is 1. The molecule has 3 aromatic rings. The molecule has 9 heteroatoms. The minimum Gasteiger partial charge on any atom is -0.493 e. The summed E-state index contributed by atoms with van der Waals surface area (Å²) in [6.07, 6.45) is 6.29. The lowest BCUT2D eigenvalue weighted by Gasteiger charge is -2.27. The molecular weight excluding hydrogens is 468 g/mol. The van der Waals surface area contributed by atoms with Gasteiger partial charge in [0.15, 0.2) is 5.75 Å². The van der Waals surface area contributed by atoms with E-state index in [1.807, 2.05) is 25.1 Å². The quantitative estimate of drug-likeness (QED) is 0.393. The number of H-pyrrole nitrogens is 1. The van der Waals surface area contributed by atoms with Gasteiger partial charge in [-0.25, -0.2) is 0 Å². The van der Waals surface area contributed by atoms with Crippen LogP contribution >= 0.6 is 11.6 Å². The fourth-order valence-electron chi connectivity index (χ4n) is 5.19. The third-order valence-corrected chi connectivity index (χ3v) is 6.97. The standard InChI is InChI=1S/C26H29ClN4O4/c1-14(13-33-2)35-20-12-28-11-10-16(20)23-24(29-19-9-5-7-17(27)25(19)34-3)21-22(31-23)15-6-4-8-18(15)30-26(21)32/h5,7,9-12,14-15,18,29,31H,4,6,8,13H2,1-3H3,(H,30,32)/t14-,15-,18+/m0/s1. The highest BCUT2D eigenvalue weighted by Crippen LogP contribution is 2.48. The van der Waals surface area contributed by atoms with Crippen molar-refractivity contribution in [2.24, 2.45) is 0 Å². The number of hydrogen-bond acceptors (Lipinski definition) is 6. The maximum atomic E-state index is 13.4. The van der Waals surface area contributed by atoms with Crippen LogP contribution in [-0.2, 0) is 4.74 Å². The summed E-state index contributed by atoms with van der Waals surface area (Å²) >= 11 is 6.39. The van der Waals surface area contributed by atoms with Crippen molar-refractivity contribution < 1.29 is 19.0 Å². The van der Waals surface area contributed by atoms with Crippen molar-refractivity contribution in [2.75, 3.05) is 26.1 Å². The number of benzene rings is 1. The zero-order chi connectivity index (χ0) is 24.5. The van der Waals surface area contributed by atoms with Crippen molar-refractivity contribution >= 4 is 28.9 Å². The summed E-state index contributed by atoms with van der Waals surface area (Å²) in [6, 6.07) is 7.51. The first kappa shape index (κ1) is 23.5. The molecule has 2 aromatic heterocycles. The van der Waals surface area contributed by atoms with Crippen molar-refractivity contribution in [1.29, 1.82) is 0 Å². The fraction of sp³-hybridized carbons (Fsp3) is 0.385. The van der Waals surface area contributed by atoms with Crippen LogP contribution in [-0.4, -0.2) is 48.8 Å². The fourth-order valence-corrected chi connectivity index (χ4v) is 5.45. The molecule has 35 heavy (non-hydrogen) atoms. The van der Waals surface area contributed by atoms with Gasteiger partial charge in [0.05, 0.1) is 47.6 Å². The summed E-state index contributed by atoms with van der Waals surface area (Å²) in [5.41, 5.74) is 4.41. The molecule has 1 aromatic carbocycles. The van der Waals surface area contributed by atoms with Crippen LogP contribution in [0.3, 0.4) is 0 Å². The Balaban J connectivity index is 1.67. The number of carbonyl (C=O) groups is 1. The van der Waals surface area contributed by atoms with E-state index in [0.717, 1.165) is 36.2 Å². The molecule has 3 atom stereocenters. The Morgan fingerprint density at radius 3 is 2.91 bits per heavy atom. The molecule has 1 fully saturated rings. The van der Waals surface area contributed by atoms with Gasteiger partial charge < -0.3 is 29.8 Å². The largest absolute Gasteiger partial charge is 0.493 e. The molecule has 0 bridgehead atoms. The normalized spacial score (nSPS) is 19.5. The average Bonchev–Trinajstić information content (AvgIpc) is 3.45. The Bertz CT molecular complexity index is 1240. The lowest BCUT2D eigenvalue weighted by atomic mass is 9.91. The first-order valence-corrected chi connectivity index (χ1v) is 12.2. The number of carbonyl (C=O) groups excluding carboxylic acids is 1. The van der Waals surface area contributed by atoms with E-state index in [-0.39, 0.29) is 24.0 Å². The Hall–Kier alpha value is -3.23. The van der Waals surface area contributed by atoms with Crippen LogP contribution in [0, 0.1) is 0 Å². The van der Waals surface area contributed by atoms with Crippen LogP contribution in [0.25, 0.3) is 11.3 Å².